The number of hydrogen-bond donors (Lipinski definition) is 1. The van der Waals surface area contributed by atoms with E-state index in [1.54, 1.807) is 24.8 Å². The monoisotopic (exact) mass is 261 g/mol. The van der Waals surface area contributed by atoms with Crippen LogP contribution in [-0.4, -0.2) is 31.7 Å². The maximum Gasteiger partial charge on any atom is 0.226 e. The number of imidazole rings is 1. The molecular weight excluding hydrogens is 242 g/mol. The van der Waals surface area contributed by atoms with Crippen molar-refractivity contribution in [2.75, 3.05) is 5.32 Å². The molecule has 0 aliphatic carbocycles. The normalized spacial score (nSPS) is 12.4. The molecule has 2 rings (SSSR count). The van der Waals surface area contributed by atoms with Gasteiger partial charge in [0.1, 0.15) is 0 Å². The fourth-order valence-electron chi connectivity index (χ4n) is 1.70. The van der Waals surface area contributed by atoms with Crippen LogP contribution in [0.5, 0.6) is 5.88 Å². The van der Waals surface area contributed by atoms with Gasteiger partial charge in [0.05, 0.1) is 12.4 Å². The number of nitrogens with one attached hydrogen (secondary N) is 1. The van der Waals surface area contributed by atoms with Gasteiger partial charge in [0, 0.05) is 37.2 Å². The van der Waals surface area contributed by atoms with Gasteiger partial charge in [-0.15, -0.1) is 0 Å². The molecule has 0 saturated carbocycles. The van der Waals surface area contributed by atoms with Crippen LogP contribution in [-0.2, 0) is 6.54 Å². The van der Waals surface area contributed by atoms with Crippen LogP contribution in [0.2, 0.25) is 0 Å². The number of ether oxygens (including phenoxy) is 1. The Kier molecular flexibility index (Phi) is 4.33. The Morgan fingerprint density at radius 3 is 2.84 bits per heavy atom. The first-order chi connectivity index (χ1) is 9.13. The van der Waals surface area contributed by atoms with Crippen LogP contribution in [0, 0.1) is 0 Å². The van der Waals surface area contributed by atoms with E-state index in [1.807, 2.05) is 24.6 Å². The predicted octanol–water partition coefficient (Wildman–Crippen LogP) is 1.96. The molecule has 1 N–H and O–H groups in total. The van der Waals surface area contributed by atoms with Gasteiger partial charge in [-0.1, -0.05) is 0 Å². The Bertz CT molecular complexity index is 497. The van der Waals surface area contributed by atoms with Gasteiger partial charge in [-0.3, -0.25) is 0 Å². The molecule has 0 saturated heterocycles. The standard InChI is InChI=1S/C13H19N5O/c1-10(2)19-12-4-5-15-13(17-12)16-11(3)8-18-7-6-14-9-18/h4-7,9-11H,8H2,1-3H3,(H,15,16,17). The predicted molar refractivity (Wildman–Crippen MR) is 73.1 cm³/mol. The molecule has 6 heteroatoms. The molecule has 2 aromatic rings. The summed E-state index contributed by atoms with van der Waals surface area (Å²) >= 11 is 0. The van der Waals surface area contributed by atoms with Crippen molar-refractivity contribution in [2.45, 2.75) is 39.5 Å². The summed E-state index contributed by atoms with van der Waals surface area (Å²) in [4.78, 5) is 12.5. The maximum atomic E-state index is 5.54. The van der Waals surface area contributed by atoms with Crippen LogP contribution in [0.1, 0.15) is 20.8 Å². The Labute approximate surface area is 112 Å². The molecule has 102 valence electrons. The first-order valence-corrected chi connectivity index (χ1v) is 6.35. The number of hydrogen-bond acceptors (Lipinski definition) is 5. The fraction of sp³-hybridized carbons (Fsp3) is 0.462. The lowest BCUT2D eigenvalue weighted by molar-refractivity contribution is 0.232. The topological polar surface area (TPSA) is 64.9 Å². The van der Waals surface area contributed by atoms with Crippen molar-refractivity contribution in [1.82, 2.24) is 19.5 Å². The molecule has 0 fully saturated rings. The van der Waals surface area contributed by atoms with Crippen LogP contribution < -0.4 is 10.1 Å². The zero-order valence-electron chi connectivity index (χ0n) is 11.4. The maximum absolute atomic E-state index is 5.54. The average molecular weight is 261 g/mol. The molecule has 0 spiro atoms. The Morgan fingerprint density at radius 2 is 2.16 bits per heavy atom. The summed E-state index contributed by atoms with van der Waals surface area (Å²) < 4.78 is 7.54. The summed E-state index contributed by atoms with van der Waals surface area (Å²) in [6.07, 6.45) is 7.28. The highest BCUT2D eigenvalue weighted by atomic mass is 16.5. The summed E-state index contributed by atoms with van der Waals surface area (Å²) in [5.74, 6) is 1.16. The lowest BCUT2D eigenvalue weighted by Crippen LogP contribution is -2.22. The van der Waals surface area contributed by atoms with Gasteiger partial charge in [0.25, 0.3) is 0 Å². The number of nitrogens with zero attached hydrogens (tertiary/aromatic N) is 4. The van der Waals surface area contributed by atoms with Gasteiger partial charge >= 0.3 is 0 Å². The van der Waals surface area contributed by atoms with Crippen molar-refractivity contribution in [3.05, 3.63) is 31.0 Å². The Balaban J connectivity index is 1.94. The second-order valence-corrected chi connectivity index (χ2v) is 4.69. The SMILES string of the molecule is CC(Cn1ccnc1)Nc1nccc(OC(C)C)n1. The highest BCUT2D eigenvalue weighted by Crippen LogP contribution is 2.11. The first kappa shape index (κ1) is 13.3. The van der Waals surface area contributed by atoms with E-state index in [-0.39, 0.29) is 12.1 Å². The highest BCUT2D eigenvalue weighted by molar-refractivity contribution is 5.28. The van der Waals surface area contributed by atoms with E-state index in [2.05, 4.69) is 27.2 Å². The van der Waals surface area contributed by atoms with E-state index in [4.69, 9.17) is 4.74 Å². The summed E-state index contributed by atoms with van der Waals surface area (Å²) in [7, 11) is 0. The Morgan fingerprint density at radius 1 is 1.32 bits per heavy atom. The minimum atomic E-state index is 0.103. The van der Waals surface area contributed by atoms with Crippen LogP contribution in [0.3, 0.4) is 0 Å². The highest BCUT2D eigenvalue weighted by Gasteiger charge is 2.06. The molecule has 1 unspecified atom stereocenters. The molecule has 0 aliphatic rings. The zero-order valence-corrected chi connectivity index (χ0v) is 11.4. The molecule has 0 aliphatic heterocycles. The third-order valence-electron chi connectivity index (χ3n) is 2.41. The van der Waals surface area contributed by atoms with Crippen molar-refractivity contribution >= 4 is 5.95 Å². The lowest BCUT2D eigenvalue weighted by atomic mass is 10.3. The number of aromatic nitrogens is 4. The summed E-state index contributed by atoms with van der Waals surface area (Å²) in [5.41, 5.74) is 0. The van der Waals surface area contributed by atoms with Crippen molar-refractivity contribution in [3.8, 4) is 5.88 Å². The molecule has 6 nitrogen and oxygen atoms in total. The molecular formula is C13H19N5O. The fourth-order valence-corrected chi connectivity index (χ4v) is 1.70. The first-order valence-electron chi connectivity index (χ1n) is 6.35. The summed E-state index contributed by atoms with van der Waals surface area (Å²) in [5, 5.41) is 3.24. The number of anilines is 1. The van der Waals surface area contributed by atoms with Crippen LogP contribution in [0.4, 0.5) is 5.95 Å². The van der Waals surface area contributed by atoms with Gasteiger partial charge in [-0.05, 0) is 20.8 Å². The summed E-state index contributed by atoms with van der Waals surface area (Å²) in [6.45, 7) is 6.81. The van der Waals surface area contributed by atoms with Gasteiger partial charge in [0.15, 0.2) is 0 Å². The van der Waals surface area contributed by atoms with Crippen LogP contribution in [0.25, 0.3) is 0 Å². The van der Waals surface area contributed by atoms with Crippen molar-refractivity contribution < 1.29 is 4.74 Å². The molecule has 0 bridgehead atoms. The van der Waals surface area contributed by atoms with Gasteiger partial charge in [-0.2, -0.15) is 4.98 Å². The molecule has 0 amide bonds. The molecule has 1 atom stereocenters. The third kappa shape index (κ3) is 4.24. The second kappa shape index (κ2) is 6.17. The van der Waals surface area contributed by atoms with E-state index in [0.29, 0.717) is 11.8 Å². The van der Waals surface area contributed by atoms with E-state index in [9.17, 15) is 0 Å². The van der Waals surface area contributed by atoms with E-state index in [1.165, 1.54) is 0 Å². The Hall–Kier alpha value is -2.11. The zero-order chi connectivity index (χ0) is 13.7. The molecule has 19 heavy (non-hydrogen) atoms. The van der Waals surface area contributed by atoms with E-state index in [0.717, 1.165) is 6.54 Å². The van der Waals surface area contributed by atoms with Gasteiger partial charge in [0.2, 0.25) is 11.8 Å². The second-order valence-electron chi connectivity index (χ2n) is 4.69. The van der Waals surface area contributed by atoms with Crippen molar-refractivity contribution in [2.24, 2.45) is 0 Å². The van der Waals surface area contributed by atoms with Crippen LogP contribution in [0.15, 0.2) is 31.0 Å². The largest absolute Gasteiger partial charge is 0.475 e. The third-order valence-corrected chi connectivity index (χ3v) is 2.41. The van der Waals surface area contributed by atoms with Crippen molar-refractivity contribution in [3.63, 3.8) is 0 Å². The van der Waals surface area contributed by atoms with E-state index >= 15 is 0 Å². The minimum absolute atomic E-state index is 0.103. The molecule has 0 radical (unpaired) electrons. The number of rotatable bonds is 6. The average Bonchev–Trinajstić information content (AvgIpc) is 2.81. The van der Waals surface area contributed by atoms with Gasteiger partial charge < -0.3 is 14.6 Å². The van der Waals surface area contributed by atoms with Crippen LogP contribution >= 0.6 is 0 Å². The molecule has 0 aromatic carbocycles. The quantitative estimate of drug-likeness (QED) is 0.861. The molecule has 2 heterocycles. The van der Waals surface area contributed by atoms with Gasteiger partial charge in [-0.25, -0.2) is 9.97 Å². The minimum Gasteiger partial charge on any atom is -0.475 e. The summed E-state index contributed by atoms with van der Waals surface area (Å²) in [6, 6.07) is 1.95. The lowest BCUT2D eigenvalue weighted by Gasteiger charge is -2.15. The van der Waals surface area contributed by atoms with Crippen molar-refractivity contribution in [1.29, 1.82) is 0 Å². The molecule has 2 aromatic heterocycles. The smallest absolute Gasteiger partial charge is 0.226 e. The van der Waals surface area contributed by atoms with E-state index < -0.39 is 0 Å².